The zero-order valence-electron chi connectivity index (χ0n) is 15.8. The first-order chi connectivity index (χ1) is 12.8. The van der Waals surface area contributed by atoms with Gasteiger partial charge in [0.25, 0.3) is 5.91 Å². The molecule has 0 atom stereocenters. The summed E-state index contributed by atoms with van der Waals surface area (Å²) in [6.45, 7) is 2.37. The van der Waals surface area contributed by atoms with Crippen molar-refractivity contribution in [3.63, 3.8) is 0 Å². The Morgan fingerprint density at radius 1 is 1.26 bits per heavy atom. The van der Waals surface area contributed by atoms with Gasteiger partial charge in [-0.25, -0.2) is 4.79 Å². The molecule has 27 heavy (non-hydrogen) atoms. The van der Waals surface area contributed by atoms with Crippen LogP contribution in [-0.4, -0.2) is 46.8 Å². The van der Waals surface area contributed by atoms with Gasteiger partial charge in [0.1, 0.15) is 12.1 Å². The SMILES string of the molecule is CCC1CCC2(CC1)NC(=O)N(CC(=O)N(C)Cc1ccc(Br)cc1)C2=O. The first kappa shape index (κ1) is 19.9. The number of urea groups is 1. The average Bonchev–Trinajstić information content (AvgIpc) is 2.88. The minimum atomic E-state index is -0.798. The van der Waals surface area contributed by atoms with Crippen LogP contribution >= 0.6 is 15.9 Å². The Kier molecular flexibility index (Phi) is 5.89. The second-order valence-corrected chi connectivity index (χ2v) is 8.55. The summed E-state index contributed by atoms with van der Waals surface area (Å²) >= 11 is 3.39. The maximum Gasteiger partial charge on any atom is 0.325 e. The minimum absolute atomic E-state index is 0.212. The molecule has 0 unspecified atom stereocenters. The van der Waals surface area contributed by atoms with Crippen molar-refractivity contribution in [2.75, 3.05) is 13.6 Å². The van der Waals surface area contributed by atoms with E-state index in [0.717, 1.165) is 34.2 Å². The Labute approximate surface area is 168 Å². The van der Waals surface area contributed by atoms with Crippen LogP contribution in [0.3, 0.4) is 0 Å². The van der Waals surface area contributed by atoms with Gasteiger partial charge in [-0.1, -0.05) is 41.4 Å². The number of carbonyl (C=O) groups is 3. The van der Waals surface area contributed by atoms with E-state index in [2.05, 4.69) is 28.2 Å². The summed E-state index contributed by atoms with van der Waals surface area (Å²) in [5, 5.41) is 2.88. The number of halogens is 1. The molecule has 2 aliphatic rings. The molecule has 6 nitrogen and oxygen atoms in total. The second-order valence-electron chi connectivity index (χ2n) is 7.63. The van der Waals surface area contributed by atoms with Crippen molar-refractivity contribution < 1.29 is 14.4 Å². The Morgan fingerprint density at radius 3 is 2.48 bits per heavy atom. The van der Waals surface area contributed by atoms with Gasteiger partial charge in [-0.15, -0.1) is 0 Å². The first-order valence-corrected chi connectivity index (χ1v) is 10.3. The van der Waals surface area contributed by atoms with Crippen LogP contribution in [0, 0.1) is 5.92 Å². The summed E-state index contributed by atoms with van der Waals surface area (Å²) in [6, 6.07) is 7.26. The van der Waals surface area contributed by atoms with Gasteiger partial charge in [0.2, 0.25) is 5.91 Å². The normalized spacial score (nSPS) is 25.0. The smallest absolute Gasteiger partial charge is 0.325 e. The minimum Gasteiger partial charge on any atom is -0.340 e. The van der Waals surface area contributed by atoms with Crippen molar-refractivity contribution in [3.05, 3.63) is 34.3 Å². The van der Waals surface area contributed by atoms with Gasteiger partial charge in [0.15, 0.2) is 0 Å². The fourth-order valence-corrected chi connectivity index (χ4v) is 4.21. The van der Waals surface area contributed by atoms with Gasteiger partial charge in [-0.05, 0) is 49.3 Å². The van der Waals surface area contributed by atoms with E-state index in [1.54, 1.807) is 11.9 Å². The molecule has 1 heterocycles. The summed E-state index contributed by atoms with van der Waals surface area (Å²) in [6.07, 6.45) is 4.30. The third kappa shape index (κ3) is 4.18. The highest BCUT2D eigenvalue weighted by Gasteiger charge is 2.52. The molecule has 1 aromatic rings. The van der Waals surface area contributed by atoms with Crippen LogP contribution in [0.1, 0.15) is 44.6 Å². The number of imide groups is 1. The molecule has 3 rings (SSSR count). The molecule has 1 saturated heterocycles. The summed E-state index contributed by atoms with van der Waals surface area (Å²) < 4.78 is 0.975. The monoisotopic (exact) mass is 435 g/mol. The Morgan fingerprint density at radius 2 is 1.89 bits per heavy atom. The van der Waals surface area contributed by atoms with Crippen LogP contribution in [0.15, 0.2) is 28.7 Å². The summed E-state index contributed by atoms with van der Waals surface area (Å²) in [5.74, 6) is 0.126. The highest BCUT2D eigenvalue weighted by Crippen LogP contribution is 2.37. The highest BCUT2D eigenvalue weighted by atomic mass is 79.9. The van der Waals surface area contributed by atoms with Crippen LogP contribution in [0.4, 0.5) is 4.79 Å². The Bertz CT molecular complexity index is 726. The molecule has 0 radical (unpaired) electrons. The van der Waals surface area contributed by atoms with E-state index in [0.29, 0.717) is 25.3 Å². The lowest BCUT2D eigenvalue weighted by Gasteiger charge is -2.34. The molecule has 7 heteroatoms. The van der Waals surface area contributed by atoms with E-state index >= 15 is 0 Å². The number of benzene rings is 1. The fraction of sp³-hybridized carbons (Fsp3) is 0.550. The van der Waals surface area contributed by atoms with Crippen molar-refractivity contribution in [2.45, 2.75) is 51.1 Å². The molecule has 2 fully saturated rings. The predicted octanol–water partition coefficient (Wildman–Crippen LogP) is 3.30. The topological polar surface area (TPSA) is 69.7 Å². The van der Waals surface area contributed by atoms with Crippen molar-refractivity contribution >= 4 is 33.8 Å². The third-order valence-corrected chi connectivity index (χ3v) is 6.36. The van der Waals surface area contributed by atoms with E-state index in [9.17, 15) is 14.4 Å². The van der Waals surface area contributed by atoms with Crippen molar-refractivity contribution in [1.29, 1.82) is 0 Å². The molecule has 1 aliphatic heterocycles. The van der Waals surface area contributed by atoms with Gasteiger partial charge in [-0.3, -0.25) is 14.5 Å². The van der Waals surface area contributed by atoms with Crippen LogP contribution in [0.5, 0.6) is 0 Å². The molecule has 1 aliphatic carbocycles. The lowest BCUT2D eigenvalue weighted by Crippen LogP contribution is -2.50. The standard InChI is InChI=1S/C20H26BrN3O3/c1-3-14-8-10-20(11-9-14)18(26)24(19(27)22-20)13-17(25)23(2)12-15-4-6-16(21)7-5-15/h4-7,14H,3,8-13H2,1-2H3,(H,22,27). The van der Waals surface area contributed by atoms with Gasteiger partial charge in [-0.2, -0.15) is 0 Å². The van der Waals surface area contributed by atoms with E-state index < -0.39 is 11.6 Å². The number of nitrogens with zero attached hydrogens (tertiary/aromatic N) is 2. The summed E-state index contributed by atoms with van der Waals surface area (Å²) in [4.78, 5) is 40.5. The Balaban J connectivity index is 1.61. The number of likely N-dealkylation sites (N-methyl/N-ethyl adjacent to an activating group) is 1. The zero-order chi connectivity index (χ0) is 19.6. The van der Waals surface area contributed by atoms with Crippen LogP contribution < -0.4 is 5.32 Å². The molecule has 4 amide bonds. The lowest BCUT2D eigenvalue weighted by molar-refractivity contribution is -0.139. The molecular weight excluding hydrogens is 410 g/mol. The fourth-order valence-electron chi connectivity index (χ4n) is 3.95. The highest BCUT2D eigenvalue weighted by molar-refractivity contribution is 9.10. The van der Waals surface area contributed by atoms with E-state index in [-0.39, 0.29) is 18.4 Å². The summed E-state index contributed by atoms with van der Waals surface area (Å²) in [7, 11) is 1.69. The van der Waals surface area contributed by atoms with Gasteiger partial charge < -0.3 is 10.2 Å². The number of nitrogens with one attached hydrogen (secondary N) is 1. The molecule has 1 saturated carbocycles. The molecule has 0 bridgehead atoms. The molecule has 146 valence electrons. The second kappa shape index (κ2) is 8.00. The number of amides is 4. The molecule has 1 spiro atoms. The summed E-state index contributed by atoms with van der Waals surface area (Å²) in [5.41, 5.74) is 0.188. The average molecular weight is 436 g/mol. The van der Waals surface area contributed by atoms with Crippen LogP contribution in [-0.2, 0) is 16.1 Å². The van der Waals surface area contributed by atoms with E-state index in [4.69, 9.17) is 0 Å². The largest absolute Gasteiger partial charge is 0.340 e. The molecule has 0 aromatic heterocycles. The van der Waals surface area contributed by atoms with Crippen molar-refractivity contribution in [3.8, 4) is 0 Å². The van der Waals surface area contributed by atoms with Gasteiger partial charge in [0, 0.05) is 18.1 Å². The third-order valence-electron chi connectivity index (χ3n) is 5.83. The number of carbonyl (C=O) groups excluding carboxylic acids is 3. The quantitative estimate of drug-likeness (QED) is 0.721. The van der Waals surface area contributed by atoms with Crippen LogP contribution in [0.2, 0.25) is 0 Å². The number of hydrogen-bond acceptors (Lipinski definition) is 3. The number of hydrogen-bond donors (Lipinski definition) is 1. The van der Waals surface area contributed by atoms with Crippen molar-refractivity contribution in [2.24, 2.45) is 5.92 Å². The molecular formula is C20H26BrN3O3. The lowest BCUT2D eigenvalue weighted by atomic mass is 9.75. The van der Waals surface area contributed by atoms with E-state index in [1.165, 1.54) is 0 Å². The van der Waals surface area contributed by atoms with Gasteiger partial charge >= 0.3 is 6.03 Å². The van der Waals surface area contributed by atoms with Crippen LogP contribution in [0.25, 0.3) is 0 Å². The first-order valence-electron chi connectivity index (χ1n) is 9.47. The Hall–Kier alpha value is -1.89. The maximum absolute atomic E-state index is 12.9. The van der Waals surface area contributed by atoms with Gasteiger partial charge in [0.05, 0.1) is 0 Å². The number of rotatable bonds is 5. The van der Waals surface area contributed by atoms with Crippen molar-refractivity contribution in [1.82, 2.24) is 15.1 Å². The molecule has 1 N–H and O–H groups in total. The van der Waals surface area contributed by atoms with E-state index in [1.807, 2.05) is 24.3 Å². The molecule has 1 aromatic carbocycles. The maximum atomic E-state index is 12.9. The zero-order valence-corrected chi connectivity index (χ0v) is 17.4. The predicted molar refractivity (Wildman–Crippen MR) is 106 cm³/mol.